The van der Waals surface area contributed by atoms with Crippen molar-refractivity contribution in [2.75, 3.05) is 0 Å². The summed E-state index contributed by atoms with van der Waals surface area (Å²) in [5.74, 6) is 0.540. The highest BCUT2D eigenvalue weighted by atomic mass is 79.9. The van der Waals surface area contributed by atoms with Crippen molar-refractivity contribution in [2.24, 2.45) is 0 Å². The maximum absolute atomic E-state index is 12.5. The van der Waals surface area contributed by atoms with Crippen LogP contribution in [0.4, 0.5) is 0 Å². The molecule has 0 saturated carbocycles. The molecule has 0 aliphatic rings. The van der Waals surface area contributed by atoms with E-state index in [0.717, 1.165) is 26.6 Å². The molecule has 2 aromatic carbocycles. The van der Waals surface area contributed by atoms with Gasteiger partial charge in [-0.2, -0.15) is 0 Å². The van der Waals surface area contributed by atoms with Gasteiger partial charge >= 0.3 is 0 Å². The molecule has 2 aromatic heterocycles. The van der Waals surface area contributed by atoms with Crippen molar-refractivity contribution in [3.8, 4) is 11.3 Å². The van der Waals surface area contributed by atoms with E-state index >= 15 is 0 Å². The molecule has 0 fully saturated rings. The Bertz CT molecular complexity index is 1070. The lowest BCUT2D eigenvalue weighted by Crippen LogP contribution is -2.00. The van der Waals surface area contributed by atoms with E-state index in [1.807, 2.05) is 31.2 Å². The van der Waals surface area contributed by atoms with Gasteiger partial charge < -0.3 is 8.83 Å². The molecule has 2 heterocycles. The monoisotopic (exact) mass is 354 g/mol. The molecular formula is C18H11BrO3. The molecule has 0 N–H and O–H groups in total. The van der Waals surface area contributed by atoms with Crippen LogP contribution in [-0.4, -0.2) is 0 Å². The SMILES string of the molecule is Cc1coc2ccc3c(=O)cc(-c4ccccc4Br)oc3c12. The molecule has 0 aliphatic carbocycles. The van der Waals surface area contributed by atoms with Gasteiger partial charge in [0.25, 0.3) is 0 Å². The van der Waals surface area contributed by atoms with Crippen LogP contribution in [0.5, 0.6) is 0 Å². The fourth-order valence-corrected chi connectivity index (χ4v) is 3.16. The van der Waals surface area contributed by atoms with E-state index in [4.69, 9.17) is 8.83 Å². The summed E-state index contributed by atoms with van der Waals surface area (Å²) in [6.07, 6.45) is 1.68. The molecular weight excluding hydrogens is 344 g/mol. The minimum absolute atomic E-state index is 0.0606. The fraction of sp³-hybridized carbons (Fsp3) is 0.0556. The largest absolute Gasteiger partial charge is 0.464 e. The quantitative estimate of drug-likeness (QED) is 0.467. The summed E-state index contributed by atoms with van der Waals surface area (Å²) in [4.78, 5) is 12.5. The van der Waals surface area contributed by atoms with Crippen LogP contribution in [-0.2, 0) is 0 Å². The molecule has 0 amide bonds. The van der Waals surface area contributed by atoms with Crippen LogP contribution in [0.15, 0.2) is 66.8 Å². The molecule has 4 rings (SSSR count). The fourth-order valence-electron chi connectivity index (χ4n) is 2.68. The van der Waals surface area contributed by atoms with E-state index in [1.54, 1.807) is 18.4 Å². The second-order valence-electron chi connectivity index (χ2n) is 5.19. The van der Waals surface area contributed by atoms with E-state index in [2.05, 4.69) is 15.9 Å². The molecule has 0 spiro atoms. The molecule has 0 aliphatic heterocycles. The van der Waals surface area contributed by atoms with Crippen molar-refractivity contribution < 1.29 is 8.83 Å². The summed E-state index contributed by atoms with van der Waals surface area (Å²) in [6, 6.07) is 12.7. The number of hydrogen-bond acceptors (Lipinski definition) is 3. The van der Waals surface area contributed by atoms with Crippen molar-refractivity contribution >= 4 is 37.9 Å². The summed E-state index contributed by atoms with van der Waals surface area (Å²) < 4.78 is 12.4. The van der Waals surface area contributed by atoms with Gasteiger partial charge in [0.1, 0.15) is 16.9 Å². The van der Waals surface area contributed by atoms with E-state index < -0.39 is 0 Å². The van der Waals surface area contributed by atoms with Crippen LogP contribution >= 0.6 is 15.9 Å². The Kier molecular flexibility index (Phi) is 2.94. The zero-order chi connectivity index (χ0) is 15.3. The maximum Gasteiger partial charge on any atom is 0.193 e. The summed E-state index contributed by atoms with van der Waals surface area (Å²) in [6.45, 7) is 1.94. The first kappa shape index (κ1) is 13.3. The highest BCUT2D eigenvalue weighted by Crippen LogP contribution is 2.33. The Morgan fingerprint density at radius 1 is 1.09 bits per heavy atom. The van der Waals surface area contributed by atoms with E-state index in [9.17, 15) is 4.79 Å². The number of furan rings is 1. The lowest BCUT2D eigenvalue weighted by Gasteiger charge is -2.06. The predicted molar refractivity (Wildman–Crippen MR) is 90.1 cm³/mol. The second kappa shape index (κ2) is 4.85. The lowest BCUT2D eigenvalue weighted by atomic mass is 10.1. The molecule has 108 valence electrons. The summed E-state index contributed by atoms with van der Waals surface area (Å²) in [7, 11) is 0. The van der Waals surface area contributed by atoms with Gasteiger partial charge in [-0.3, -0.25) is 4.79 Å². The highest BCUT2D eigenvalue weighted by molar-refractivity contribution is 9.10. The van der Waals surface area contributed by atoms with Crippen LogP contribution in [0.1, 0.15) is 5.56 Å². The van der Waals surface area contributed by atoms with Crippen molar-refractivity contribution in [1.29, 1.82) is 0 Å². The van der Waals surface area contributed by atoms with Crippen LogP contribution in [0.2, 0.25) is 0 Å². The van der Waals surface area contributed by atoms with Crippen LogP contribution in [0, 0.1) is 6.92 Å². The maximum atomic E-state index is 12.5. The summed E-state index contributed by atoms with van der Waals surface area (Å²) in [5.41, 5.74) is 3.03. The number of halogens is 1. The van der Waals surface area contributed by atoms with Gasteiger partial charge in [0.2, 0.25) is 0 Å². The number of benzene rings is 2. The van der Waals surface area contributed by atoms with Gasteiger partial charge in [0, 0.05) is 16.1 Å². The summed E-state index contributed by atoms with van der Waals surface area (Å²) in [5, 5.41) is 1.41. The number of aryl methyl sites for hydroxylation is 1. The average Bonchev–Trinajstić information content (AvgIpc) is 2.89. The van der Waals surface area contributed by atoms with Crippen molar-refractivity contribution in [1.82, 2.24) is 0 Å². The van der Waals surface area contributed by atoms with Crippen molar-refractivity contribution in [3.63, 3.8) is 0 Å². The number of rotatable bonds is 1. The molecule has 0 bridgehead atoms. The van der Waals surface area contributed by atoms with Crippen molar-refractivity contribution in [2.45, 2.75) is 6.92 Å². The first-order valence-electron chi connectivity index (χ1n) is 6.85. The van der Waals surface area contributed by atoms with E-state index in [1.165, 1.54) is 6.07 Å². The molecule has 3 nitrogen and oxygen atoms in total. The van der Waals surface area contributed by atoms with Gasteiger partial charge in [-0.1, -0.05) is 34.1 Å². The number of hydrogen-bond donors (Lipinski definition) is 0. The molecule has 0 radical (unpaired) electrons. The topological polar surface area (TPSA) is 43.4 Å². The molecule has 0 atom stereocenters. The molecule has 4 heteroatoms. The van der Waals surface area contributed by atoms with Crippen molar-refractivity contribution in [3.05, 3.63) is 69.0 Å². The predicted octanol–water partition coefficient (Wildman–Crippen LogP) is 5.28. The smallest absolute Gasteiger partial charge is 0.193 e. The van der Waals surface area contributed by atoms with Gasteiger partial charge in [-0.05, 0) is 30.7 Å². The standard InChI is InChI=1S/C18H11BrO3/c1-10-9-21-15-7-6-12-14(20)8-16(22-18(12)17(10)15)11-4-2-3-5-13(11)19/h2-9H,1H3. The third kappa shape index (κ3) is 1.91. The zero-order valence-electron chi connectivity index (χ0n) is 11.7. The van der Waals surface area contributed by atoms with Crippen LogP contribution < -0.4 is 5.43 Å². The van der Waals surface area contributed by atoms with Crippen LogP contribution in [0.25, 0.3) is 33.3 Å². The second-order valence-corrected chi connectivity index (χ2v) is 6.04. The molecule has 0 unspecified atom stereocenters. The van der Waals surface area contributed by atoms with E-state index in [-0.39, 0.29) is 5.43 Å². The highest BCUT2D eigenvalue weighted by Gasteiger charge is 2.14. The molecule has 22 heavy (non-hydrogen) atoms. The first-order chi connectivity index (χ1) is 10.6. The molecule has 4 aromatic rings. The average molecular weight is 355 g/mol. The lowest BCUT2D eigenvalue weighted by molar-refractivity contribution is 0.610. The zero-order valence-corrected chi connectivity index (χ0v) is 13.3. The van der Waals surface area contributed by atoms with Gasteiger partial charge in [0.05, 0.1) is 17.0 Å². The Balaban J connectivity index is 2.15. The Morgan fingerprint density at radius 3 is 2.73 bits per heavy atom. The Morgan fingerprint density at radius 2 is 1.91 bits per heavy atom. The Labute approximate surface area is 134 Å². The van der Waals surface area contributed by atoms with Gasteiger partial charge in [0.15, 0.2) is 5.43 Å². The number of fused-ring (bicyclic) bond motifs is 3. The summed E-state index contributed by atoms with van der Waals surface area (Å²) >= 11 is 3.50. The minimum Gasteiger partial charge on any atom is -0.464 e. The Hall–Kier alpha value is -2.33. The van der Waals surface area contributed by atoms with Gasteiger partial charge in [-0.15, -0.1) is 0 Å². The third-order valence-corrected chi connectivity index (χ3v) is 4.45. The first-order valence-corrected chi connectivity index (χ1v) is 7.64. The third-order valence-electron chi connectivity index (χ3n) is 3.76. The van der Waals surface area contributed by atoms with Crippen LogP contribution in [0.3, 0.4) is 0 Å². The molecule has 0 saturated heterocycles. The normalized spacial score (nSPS) is 11.4. The van der Waals surface area contributed by atoms with Gasteiger partial charge in [-0.25, -0.2) is 0 Å². The minimum atomic E-state index is -0.0606. The van der Waals surface area contributed by atoms with E-state index in [0.29, 0.717) is 16.7 Å².